The average Bonchev–Trinajstić information content (AvgIpc) is 2.37. The number of rotatable bonds is 2. The summed E-state index contributed by atoms with van der Waals surface area (Å²) in [6.07, 6.45) is -0.500. The highest BCUT2D eigenvalue weighted by Gasteiger charge is 2.29. The normalized spacial score (nSPS) is 21.2. The molecule has 1 aromatic rings. The van der Waals surface area contributed by atoms with Crippen LogP contribution in [-0.2, 0) is 0 Å². The van der Waals surface area contributed by atoms with Crippen molar-refractivity contribution in [2.45, 2.75) is 18.9 Å². The predicted molar refractivity (Wildman–Crippen MR) is 68.7 cm³/mol. The molecule has 1 aliphatic rings. The molecule has 1 heterocycles. The van der Waals surface area contributed by atoms with Gasteiger partial charge in [-0.2, -0.15) is 0 Å². The third-order valence-electron chi connectivity index (χ3n) is 3.40. The molecule has 1 fully saturated rings. The summed E-state index contributed by atoms with van der Waals surface area (Å²) in [6.45, 7) is 0.729. The zero-order valence-electron chi connectivity index (χ0n) is 10.2. The van der Waals surface area contributed by atoms with E-state index in [2.05, 4.69) is 0 Å². The van der Waals surface area contributed by atoms with E-state index in [0.29, 0.717) is 24.9 Å². The number of hydrogen-bond acceptors (Lipinski definition) is 2. The van der Waals surface area contributed by atoms with E-state index >= 15 is 0 Å². The minimum absolute atomic E-state index is 0.222. The highest BCUT2D eigenvalue weighted by atomic mass is 35.5. The van der Waals surface area contributed by atoms with Crippen molar-refractivity contribution in [3.63, 3.8) is 0 Å². The van der Waals surface area contributed by atoms with E-state index < -0.39 is 18.0 Å². The summed E-state index contributed by atoms with van der Waals surface area (Å²) in [5.74, 6) is -0.741. The van der Waals surface area contributed by atoms with E-state index in [1.54, 1.807) is 0 Å². The van der Waals surface area contributed by atoms with Gasteiger partial charge in [0.1, 0.15) is 5.82 Å². The Kier molecular flexibility index (Phi) is 4.27. The summed E-state index contributed by atoms with van der Waals surface area (Å²) >= 11 is 5.76. The van der Waals surface area contributed by atoms with Crippen molar-refractivity contribution in [3.05, 3.63) is 34.6 Å². The van der Waals surface area contributed by atoms with Crippen LogP contribution in [0.1, 0.15) is 24.5 Å². The SMILES string of the molecule is O=C(O)N1CCC[C@@H]([C@@H](O)c2cc(F)cc(Cl)c2)C1. The van der Waals surface area contributed by atoms with Crippen molar-refractivity contribution >= 4 is 17.7 Å². The lowest BCUT2D eigenvalue weighted by Crippen LogP contribution is -2.40. The number of amides is 1. The Balaban J connectivity index is 2.14. The minimum Gasteiger partial charge on any atom is -0.465 e. The van der Waals surface area contributed by atoms with Gasteiger partial charge in [-0.05, 0) is 36.6 Å². The van der Waals surface area contributed by atoms with Crippen molar-refractivity contribution in [1.82, 2.24) is 4.90 Å². The van der Waals surface area contributed by atoms with Gasteiger partial charge in [0.25, 0.3) is 0 Å². The molecule has 1 amide bonds. The fourth-order valence-corrected chi connectivity index (χ4v) is 2.69. The number of halogens is 2. The lowest BCUT2D eigenvalue weighted by molar-refractivity contribution is 0.0501. The molecule has 2 N–H and O–H groups in total. The van der Waals surface area contributed by atoms with Crippen LogP contribution in [-0.4, -0.2) is 34.3 Å². The standard InChI is InChI=1S/C13H15ClFNO3/c14-10-4-9(5-11(15)6-10)12(17)8-2-1-3-16(7-8)13(18)19/h4-6,8,12,17H,1-3,7H2,(H,18,19)/t8-,12-/m1/s1. The van der Waals surface area contributed by atoms with Crippen molar-refractivity contribution in [3.8, 4) is 0 Å². The Morgan fingerprint density at radius 3 is 2.84 bits per heavy atom. The van der Waals surface area contributed by atoms with Crippen LogP contribution in [0.3, 0.4) is 0 Å². The number of nitrogens with zero attached hydrogens (tertiary/aromatic N) is 1. The lowest BCUT2D eigenvalue weighted by Gasteiger charge is -2.33. The molecule has 0 saturated carbocycles. The van der Waals surface area contributed by atoms with Gasteiger partial charge < -0.3 is 15.1 Å². The number of likely N-dealkylation sites (tertiary alicyclic amines) is 1. The summed E-state index contributed by atoms with van der Waals surface area (Å²) in [7, 11) is 0. The molecule has 0 spiro atoms. The number of hydrogen-bond donors (Lipinski definition) is 2. The van der Waals surface area contributed by atoms with Crippen LogP contribution in [0.4, 0.5) is 9.18 Å². The quantitative estimate of drug-likeness (QED) is 0.879. The van der Waals surface area contributed by atoms with E-state index in [9.17, 15) is 14.3 Å². The second-order valence-corrected chi connectivity index (χ2v) is 5.21. The molecule has 0 aromatic heterocycles. The molecule has 19 heavy (non-hydrogen) atoms. The Morgan fingerprint density at radius 2 is 2.21 bits per heavy atom. The van der Waals surface area contributed by atoms with Gasteiger partial charge in [-0.3, -0.25) is 0 Å². The first kappa shape index (κ1) is 14.1. The largest absolute Gasteiger partial charge is 0.465 e. The van der Waals surface area contributed by atoms with Crippen LogP contribution in [0.2, 0.25) is 5.02 Å². The van der Waals surface area contributed by atoms with Gasteiger partial charge in [0.2, 0.25) is 0 Å². The molecular formula is C13H15ClFNO3. The molecule has 2 rings (SSSR count). The maximum atomic E-state index is 13.3. The topological polar surface area (TPSA) is 60.8 Å². The van der Waals surface area contributed by atoms with Crippen LogP contribution in [0.15, 0.2) is 18.2 Å². The van der Waals surface area contributed by atoms with Crippen LogP contribution >= 0.6 is 11.6 Å². The first-order chi connectivity index (χ1) is 8.97. The first-order valence-electron chi connectivity index (χ1n) is 6.09. The minimum atomic E-state index is -0.992. The molecule has 1 saturated heterocycles. The van der Waals surface area contributed by atoms with Crippen molar-refractivity contribution in [2.24, 2.45) is 5.92 Å². The van der Waals surface area contributed by atoms with Gasteiger partial charge in [-0.1, -0.05) is 11.6 Å². The summed E-state index contributed by atoms with van der Waals surface area (Å²) in [6, 6.07) is 3.91. The van der Waals surface area contributed by atoms with E-state index in [1.165, 1.54) is 23.1 Å². The number of aliphatic hydroxyl groups is 1. The highest BCUT2D eigenvalue weighted by molar-refractivity contribution is 6.30. The van der Waals surface area contributed by atoms with Gasteiger partial charge in [-0.15, -0.1) is 0 Å². The molecular weight excluding hydrogens is 273 g/mol. The summed E-state index contributed by atoms with van der Waals surface area (Å²) in [4.78, 5) is 12.2. The maximum Gasteiger partial charge on any atom is 0.407 e. The molecule has 6 heteroatoms. The predicted octanol–water partition coefficient (Wildman–Crippen LogP) is 2.90. The number of aliphatic hydroxyl groups excluding tert-OH is 1. The number of benzene rings is 1. The fraction of sp³-hybridized carbons (Fsp3) is 0.462. The third kappa shape index (κ3) is 3.36. The zero-order valence-corrected chi connectivity index (χ0v) is 11.0. The van der Waals surface area contributed by atoms with Gasteiger partial charge in [-0.25, -0.2) is 9.18 Å². The van der Waals surface area contributed by atoms with Crippen LogP contribution in [0.25, 0.3) is 0 Å². The number of carbonyl (C=O) groups is 1. The molecule has 1 aliphatic heterocycles. The Morgan fingerprint density at radius 1 is 1.47 bits per heavy atom. The Bertz CT molecular complexity index is 463. The van der Waals surface area contributed by atoms with Crippen molar-refractivity contribution in [2.75, 3.05) is 13.1 Å². The highest BCUT2D eigenvalue weighted by Crippen LogP contribution is 2.31. The van der Waals surface area contributed by atoms with E-state index in [0.717, 1.165) is 0 Å². The maximum absolute atomic E-state index is 13.3. The van der Waals surface area contributed by atoms with Crippen molar-refractivity contribution in [1.29, 1.82) is 0 Å². The second-order valence-electron chi connectivity index (χ2n) is 4.78. The van der Waals surface area contributed by atoms with E-state index in [1.807, 2.05) is 0 Å². The van der Waals surface area contributed by atoms with Gasteiger partial charge in [0.05, 0.1) is 6.10 Å². The molecule has 104 valence electrons. The smallest absolute Gasteiger partial charge is 0.407 e. The van der Waals surface area contributed by atoms with Gasteiger partial charge >= 0.3 is 6.09 Å². The summed E-state index contributed by atoms with van der Waals surface area (Å²) < 4.78 is 13.3. The van der Waals surface area contributed by atoms with Crippen LogP contribution in [0, 0.1) is 11.7 Å². The molecule has 0 unspecified atom stereocenters. The van der Waals surface area contributed by atoms with Crippen LogP contribution < -0.4 is 0 Å². The lowest BCUT2D eigenvalue weighted by atomic mass is 9.88. The van der Waals surface area contributed by atoms with E-state index in [4.69, 9.17) is 16.7 Å². The van der Waals surface area contributed by atoms with Gasteiger partial charge in [0.15, 0.2) is 0 Å². The monoisotopic (exact) mass is 287 g/mol. The molecule has 1 aromatic carbocycles. The average molecular weight is 288 g/mol. The number of piperidine rings is 1. The summed E-state index contributed by atoms with van der Waals surface area (Å²) in [5.41, 5.74) is 0.391. The molecule has 4 nitrogen and oxygen atoms in total. The Labute approximate surface area is 115 Å². The van der Waals surface area contributed by atoms with Crippen molar-refractivity contribution < 1.29 is 19.4 Å². The third-order valence-corrected chi connectivity index (χ3v) is 3.62. The van der Waals surface area contributed by atoms with Crippen LogP contribution in [0.5, 0.6) is 0 Å². The second kappa shape index (κ2) is 5.75. The molecule has 0 aliphatic carbocycles. The number of carboxylic acid groups (broad SMARTS) is 1. The first-order valence-corrected chi connectivity index (χ1v) is 6.47. The summed E-state index contributed by atoms with van der Waals surface area (Å²) in [5, 5.41) is 19.4. The molecule has 2 atom stereocenters. The fourth-order valence-electron chi connectivity index (χ4n) is 2.46. The van der Waals surface area contributed by atoms with Gasteiger partial charge in [0, 0.05) is 24.0 Å². The Hall–Kier alpha value is -1.33. The zero-order chi connectivity index (χ0) is 14.0. The van der Waals surface area contributed by atoms with E-state index in [-0.39, 0.29) is 17.5 Å². The molecule has 0 bridgehead atoms. The molecule has 0 radical (unpaired) electrons.